The number of carbonyl (C=O) groups excluding carboxylic acids is 1. The molecule has 10 heteroatoms. The highest BCUT2D eigenvalue weighted by Crippen LogP contribution is 2.29. The van der Waals surface area contributed by atoms with Crippen molar-refractivity contribution in [3.05, 3.63) is 89.9 Å². The Morgan fingerprint density at radius 2 is 1.76 bits per heavy atom. The van der Waals surface area contributed by atoms with Crippen molar-refractivity contribution in [2.75, 3.05) is 37.7 Å². The molecule has 1 aliphatic heterocycles. The minimum atomic E-state index is -0.968. The third-order valence-corrected chi connectivity index (χ3v) is 6.80. The number of hydrogen-bond acceptors (Lipinski definition) is 7. The number of imidazole rings is 1. The van der Waals surface area contributed by atoms with Crippen molar-refractivity contribution in [2.45, 2.75) is 6.42 Å². The predicted octanol–water partition coefficient (Wildman–Crippen LogP) is 3.39. The zero-order valence-electron chi connectivity index (χ0n) is 22.1. The van der Waals surface area contributed by atoms with Gasteiger partial charge in [0, 0.05) is 36.1 Å². The molecule has 41 heavy (non-hydrogen) atoms. The summed E-state index contributed by atoms with van der Waals surface area (Å²) in [5.74, 6) is 5.09. The number of nitrogens with one attached hydrogen (secondary N) is 1. The first-order valence-electron chi connectivity index (χ1n) is 13.3. The van der Waals surface area contributed by atoms with Gasteiger partial charge >= 0.3 is 5.97 Å². The molecule has 1 saturated heterocycles. The van der Waals surface area contributed by atoms with Gasteiger partial charge in [0.15, 0.2) is 5.65 Å². The molecular weight excluding hydrogens is 520 g/mol. The van der Waals surface area contributed by atoms with Gasteiger partial charge in [-0.15, -0.1) is 0 Å². The van der Waals surface area contributed by atoms with Crippen molar-refractivity contribution in [3.8, 4) is 23.1 Å². The lowest BCUT2D eigenvalue weighted by Gasteiger charge is -2.28. The van der Waals surface area contributed by atoms with Crippen LogP contribution in [0.3, 0.4) is 0 Å². The molecule has 1 fully saturated rings. The largest absolute Gasteiger partial charge is 0.481 e. The summed E-state index contributed by atoms with van der Waals surface area (Å²) in [6.45, 7) is 2.82. The van der Waals surface area contributed by atoms with E-state index < -0.39 is 5.97 Å². The van der Waals surface area contributed by atoms with Crippen LogP contribution in [0.4, 0.5) is 5.69 Å². The summed E-state index contributed by atoms with van der Waals surface area (Å²) in [6, 6.07) is 20.7. The Bertz CT molecular complexity index is 1810. The summed E-state index contributed by atoms with van der Waals surface area (Å²) in [5.41, 5.74) is 5.54. The van der Waals surface area contributed by atoms with E-state index in [9.17, 15) is 9.59 Å². The molecule has 2 aromatic carbocycles. The molecule has 0 unspecified atom stereocenters. The number of carbonyl (C=O) groups is 2. The number of ether oxygens (including phenoxy) is 1. The maximum absolute atomic E-state index is 12.5. The molecule has 0 saturated carbocycles. The maximum Gasteiger partial charge on any atom is 0.305 e. The maximum atomic E-state index is 12.5. The Morgan fingerprint density at radius 1 is 0.951 bits per heavy atom. The van der Waals surface area contributed by atoms with E-state index in [0.29, 0.717) is 41.5 Å². The molecule has 0 bridgehead atoms. The number of rotatable bonds is 6. The van der Waals surface area contributed by atoms with E-state index in [-0.39, 0.29) is 18.9 Å². The average molecular weight is 547 g/mol. The van der Waals surface area contributed by atoms with Gasteiger partial charge < -0.3 is 20.1 Å². The van der Waals surface area contributed by atoms with E-state index in [1.165, 1.54) is 0 Å². The first-order chi connectivity index (χ1) is 20.1. The molecule has 0 aliphatic carbocycles. The molecular formula is C31H26N6O4. The van der Waals surface area contributed by atoms with Crippen LogP contribution in [0.25, 0.3) is 27.8 Å². The number of fused-ring (bicyclic) bond motifs is 2. The number of aliphatic carboxylic acids is 1. The van der Waals surface area contributed by atoms with Gasteiger partial charge in [-0.2, -0.15) is 5.10 Å². The van der Waals surface area contributed by atoms with Gasteiger partial charge in [-0.1, -0.05) is 36.4 Å². The van der Waals surface area contributed by atoms with E-state index >= 15 is 0 Å². The lowest BCUT2D eigenvalue weighted by Crippen LogP contribution is -2.36. The lowest BCUT2D eigenvalue weighted by atomic mass is 10.1. The van der Waals surface area contributed by atoms with Crippen LogP contribution in [0.2, 0.25) is 0 Å². The van der Waals surface area contributed by atoms with Gasteiger partial charge in [-0.3, -0.25) is 9.59 Å². The van der Waals surface area contributed by atoms with Crippen molar-refractivity contribution in [2.24, 2.45) is 0 Å². The average Bonchev–Trinajstić information content (AvgIpc) is 3.39. The van der Waals surface area contributed by atoms with E-state index in [1.54, 1.807) is 22.8 Å². The Kier molecular flexibility index (Phi) is 7.26. The Hall–Kier alpha value is -5.27. The molecule has 3 aromatic heterocycles. The SMILES string of the molecule is O=C(O)CCNC(=O)c1ccc(-c2c(C#Cc3ccc4ccccc4n3)nc3c(N4CCOCC4)ccnn23)cc1. The molecule has 204 valence electrons. The quantitative estimate of drug-likeness (QED) is 0.311. The van der Waals surface area contributed by atoms with Gasteiger partial charge in [0.1, 0.15) is 17.1 Å². The van der Waals surface area contributed by atoms with E-state index in [2.05, 4.69) is 32.1 Å². The molecule has 4 heterocycles. The van der Waals surface area contributed by atoms with Crippen LogP contribution >= 0.6 is 0 Å². The van der Waals surface area contributed by atoms with Gasteiger partial charge in [0.25, 0.3) is 5.91 Å². The first kappa shape index (κ1) is 26.0. The molecule has 2 N–H and O–H groups in total. The zero-order chi connectivity index (χ0) is 28.2. The number of carboxylic acids is 1. The highest BCUT2D eigenvalue weighted by Gasteiger charge is 2.21. The summed E-state index contributed by atoms with van der Waals surface area (Å²) in [6.07, 6.45) is 1.60. The summed E-state index contributed by atoms with van der Waals surface area (Å²) in [7, 11) is 0. The summed E-state index contributed by atoms with van der Waals surface area (Å²) in [5, 5.41) is 17.1. The zero-order valence-corrected chi connectivity index (χ0v) is 22.1. The smallest absolute Gasteiger partial charge is 0.305 e. The molecule has 0 spiro atoms. The van der Waals surface area contributed by atoms with Crippen LogP contribution in [-0.2, 0) is 9.53 Å². The number of anilines is 1. The highest BCUT2D eigenvalue weighted by atomic mass is 16.5. The summed E-state index contributed by atoms with van der Waals surface area (Å²) in [4.78, 5) is 35.1. The van der Waals surface area contributed by atoms with Crippen LogP contribution in [0.1, 0.15) is 28.2 Å². The number of nitrogens with zero attached hydrogens (tertiary/aromatic N) is 5. The fourth-order valence-electron chi connectivity index (χ4n) is 4.76. The molecule has 1 aliphatic rings. The minimum absolute atomic E-state index is 0.0555. The molecule has 10 nitrogen and oxygen atoms in total. The molecule has 0 atom stereocenters. The monoisotopic (exact) mass is 546 g/mol. The number of carboxylic acid groups (broad SMARTS) is 1. The van der Waals surface area contributed by atoms with Crippen molar-refractivity contribution in [1.29, 1.82) is 0 Å². The third-order valence-electron chi connectivity index (χ3n) is 6.80. The predicted molar refractivity (Wildman–Crippen MR) is 154 cm³/mol. The number of benzene rings is 2. The second-order valence-corrected chi connectivity index (χ2v) is 9.48. The van der Waals surface area contributed by atoms with Gasteiger partial charge in [0.2, 0.25) is 0 Å². The second-order valence-electron chi connectivity index (χ2n) is 9.48. The number of morpholine rings is 1. The van der Waals surface area contributed by atoms with Gasteiger partial charge in [-0.05, 0) is 42.2 Å². The van der Waals surface area contributed by atoms with E-state index in [4.69, 9.17) is 14.8 Å². The van der Waals surface area contributed by atoms with Gasteiger partial charge in [0.05, 0.1) is 37.0 Å². The lowest BCUT2D eigenvalue weighted by molar-refractivity contribution is -0.136. The fourth-order valence-corrected chi connectivity index (χ4v) is 4.76. The van der Waals surface area contributed by atoms with Gasteiger partial charge in [-0.25, -0.2) is 14.5 Å². The van der Waals surface area contributed by atoms with Crippen LogP contribution in [0.5, 0.6) is 0 Å². The van der Waals surface area contributed by atoms with Crippen molar-refractivity contribution < 1.29 is 19.4 Å². The van der Waals surface area contributed by atoms with Crippen molar-refractivity contribution in [1.82, 2.24) is 24.9 Å². The number of para-hydroxylation sites is 1. The van der Waals surface area contributed by atoms with Crippen molar-refractivity contribution >= 4 is 34.1 Å². The number of hydrogen-bond donors (Lipinski definition) is 2. The van der Waals surface area contributed by atoms with Crippen LogP contribution in [0.15, 0.2) is 72.9 Å². The molecule has 0 radical (unpaired) electrons. The Balaban J connectivity index is 1.41. The first-order valence-corrected chi connectivity index (χ1v) is 13.3. The van der Waals surface area contributed by atoms with Crippen molar-refractivity contribution in [3.63, 3.8) is 0 Å². The summed E-state index contributed by atoms with van der Waals surface area (Å²) >= 11 is 0. The highest BCUT2D eigenvalue weighted by molar-refractivity contribution is 5.95. The Morgan fingerprint density at radius 3 is 2.56 bits per heavy atom. The number of amides is 1. The topological polar surface area (TPSA) is 122 Å². The summed E-state index contributed by atoms with van der Waals surface area (Å²) < 4.78 is 7.32. The number of pyridine rings is 1. The normalized spacial score (nSPS) is 13.1. The standard InChI is InChI=1S/C31H26N6O4/c38-28(39)14-15-32-31(40)23-7-5-22(6-8-23)29-26(12-11-24-10-9-21-3-1-2-4-25(21)34-24)35-30-27(13-16-33-37(29)30)36-17-19-41-20-18-36/h1-10,13,16H,14-15,17-20H2,(H,32,40)(H,38,39). The second kappa shape index (κ2) is 11.5. The minimum Gasteiger partial charge on any atom is -0.481 e. The van der Waals surface area contributed by atoms with Crippen LogP contribution in [-0.4, -0.2) is 69.4 Å². The number of aromatic nitrogens is 4. The van der Waals surface area contributed by atoms with E-state index in [0.717, 1.165) is 35.2 Å². The Labute approximate surface area is 235 Å². The third kappa shape index (κ3) is 5.57. The van der Waals surface area contributed by atoms with Crippen LogP contribution < -0.4 is 10.2 Å². The molecule has 6 rings (SSSR count). The van der Waals surface area contributed by atoms with E-state index in [1.807, 2.05) is 54.6 Å². The fraction of sp³-hybridized carbons (Fsp3) is 0.194. The van der Waals surface area contributed by atoms with Crippen LogP contribution in [0, 0.1) is 11.8 Å². The molecule has 5 aromatic rings. The molecule has 1 amide bonds.